The van der Waals surface area contributed by atoms with E-state index in [-0.39, 0.29) is 6.04 Å². The lowest BCUT2D eigenvalue weighted by molar-refractivity contribution is 0.0807. The van der Waals surface area contributed by atoms with Gasteiger partial charge in [0, 0.05) is 6.04 Å². The van der Waals surface area contributed by atoms with Crippen LogP contribution in [0.4, 0.5) is 0 Å². The second kappa shape index (κ2) is 7.82. The summed E-state index contributed by atoms with van der Waals surface area (Å²) in [7, 11) is 0.598. The third-order valence-corrected chi connectivity index (χ3v) is 7.52. The van der Waals surface area contributed by atoms with Crippen LogP contribution in [0.3, 0.4) is 0 Å². The molecular weight excluding hydrogens is 377 g/mol. The highest BCUT2D eigenvalue weighted by Crippen LogP contribution is 2.46. The van der Waals surface area contributed by atoms with Crippen LogP contribution in [0.15, 0.2) is 84.9 Å². The highest BCUT2D eigenvalue weighted by atomic mass is 16.5. The van der Waals surface area contributed by atoms with Gasteiger partial charge in [0.15, 0.2) is 0 Å². The highest BCUT2D eigenvalue weighted by Gasteiger charge is 2.50. The Morgan fingerprint density at radius 3 is 1.81 bits per heavy atom. The minimum absolute atomic E-state index is 0.287. The van der Waals surface area contributed by atoms with Crippen molar-refractivity contribution in [2.75, 3.05) is 0 Å². The zero-order chi connectivity index (χ0) is 20.7. The lowest BCUT2D eigenvalue weighted by Gasteiger charge is -2.41. The van der Waals surface area contributed by atoms with Crippen molar-refractivity contribution >= 4 is 29.2 Å². The molecule has 1 aliphatic carbocycles. The van der Waals surface area contributed by atoms with Gasteiger partial charge in [0.1, 0.15) is 5.60 Å². The number of fused-ring (bicyclic) bond motifs is 2. The predicted molar refractivity (Wildman–Crippen MR) is 130 cm³/mol. The van der Waals surface area contributed by atoms with Gasteiger partial charge in [-0.15, -0.1) is 0 Å². The van der Waals surface area contributed by atoms with Crippen LogP contribution in [0, 0.1) is 5.92 Å². The minimum atomic E-state index is -0.462. The summed E-state index contributed by atoms with van der Waals surface area (Å²) >= 11 is 0. The molecule has 3 heteroatoms. The maximum atomic E-state index is 6.77. The van der Waals surface area contributed by atoms with Gasteiger partial charge >= 0.3 is 7.62 Å². The molecule has 31 heavy (non-hydrogen) atoms. The Morgan fingerprint density at radius 2 is 1.23 bits per heavy atom. The standard InChI is InChI=1S/C28H28BNO/c1-2-10-22(11-3-1)27-28(31-29-30-27,25-16-14-20-8-4-6-12-23(20)18-25)26-17-15-21-9-5-7-13-24(21)19-26/h4-9,12-19,22,27,29-30H,1-3,10-11H2/t27-/m1/s1. The van der Waals surface area contributed by atoms with E-state index in [1.54, 1.807) is 0 Å². The summed E-state index contributed by atoms with van der Waals surface area (Å²) < 4.78 is 6.77. The second-order valence-electron chi connectivity index (χ2n) is 9.23. The van der Waals surface area contributed by atoms with E-state index < -0.39 is 5.60 Å². The summed E-state index contributed by atoms with van der Waals surface area (Å²) in [6.07, 6.45) is 6.58. The van der Waals surface area contributed by atoms with Crippen molar-refractivity contribution in [2.24, 2.45) is 5.92 Å². The number of hydrogen-bond acceptors (Lipinski definition) is 2. The van der Waals surface area contributed by atoms with Crippen LogP contribution < -0.4 is 5.23 Å². The SMILES string of the molecule is B1N[C@H](C2CCCCC2)C(c2ccc3ccccc3c2)(c2ccc3ccccc3c2)O1. The molecule has 1 heterocycles. The van der Waals surface area contributed by atoms with E-state index >= 15 is 0 Å². The molecule has 0 spiro atoms. The molecule has 1 saturated heterocycles. The largest absolute Gasteiger partial charge is 0.409 e. The molecule has 1 N–H and O–H groups in total. The summed E-state index contributed by atoms with van der Waals surface area (Å²) in [5, 5.41) is 8.90. The Hall–Kier alpha value is -2.62. The average molecular weight is 405 g/mol. The molecule has 2 nitrogen and oxygen atoms in total. The topological polar surface area (TPSA) is 21.3 Å². The number of hydrogen-bond donors (Lipinski definition) is 1. The van der Waals surface area contributed by atoms with Crippen molar-refractivity contribution in [1.29, 1.82) is 0 Å². The van der Waals surface area contributed by atoms with Gasteiger partial charge in [-0.3, -0.25) is 0 Å². The van der Waals surface area contributed by atoms with Crippen LogP contribution in [-0.4, -0.2) is 13.7 Å². The Kier molecular flexibility index (Phi) is 4.82. The van der Waals surface area contributed by atoms with Crippen LogP contribution in [0.1, 0.15) is 43.2 Å². The van der Waals surface area contributed by atoms with E-state index in [4.69, 9.17) is 4.65 Å². The number of rotatable bonds is 3. The Balaban J connectivity index is 1.56. The fourth-order valence-corrected chi connectivity index (χ4v) is 5.98. The van der Waals surface area contributed by atoms with Crippen molar-refractivity contribution in [2.45, 2.75) is 43.7 Å². The van der Waals surface area contributed by atoms with Crippen molar-refractivity contribution in [3.8, 4) is 0 Å². The predicted octanol–water partition coefficient (Wildman–Crippen LogP) is 6.07. The van der Waals surface area contributed by atoms with Crippen molar-refractivity contribution in [3.63, 3.8) is 0 Å². The van der Waals surface area contributed by atoms with E-state index in [0.717, 1.165) is 0 Å². The lowest BCUT2D eigenvalue weighted by atomic mass is 9.71. The van der Waals surface area contributed by atoms with Gasteiger partial charge < -0.3 is 9.88 Å². The molecule has 0 aromatic heterocycles. The molecule has 0 radical (unpaired) electrons. The minimum Gasteiger partial charge on any atom is -0.409 e. The Bertz CT molecular complexity index is 1150. The lowest BCUT2D eigenvalue weighted by Crippen LogP contribution is -2.47. The third-order valence-electron chi connectivity index (χ3n) is 7.52. The quantitative estimate of drug-likeness (QED) is 0.418. The average Bonchev–Trinajstić information content (AvgIpc) is 3.30. The molecule has 0 bridgehead atoms. The van der Waals surface area contributed by atoms with E-state index in [2.05, 4.69) is 90.2 Å². The van der Waals surface area contributed by atoms with Gasteiger partial charge in [0.05, 0.1) is 0 Å². The first-order valence-corrected chi connectivity index (χ1v) is 11.7. The van der Waals surface area contributed by atoms with Crippen LogP contribution in [-0.2, 0) is 10.3 Å². The molecule has 0 amide bonds. The number of nitrogens with one attached hydrogen (secondary N) is 1. The molecular formula is C28H28BNO. The summed E-state index contributed by atoms with van der Waals surface area (Å²) in [4.78, 5) is 0. The van der Waals surface area contributed by atoms with Crippen molar-refractivity contribution in [3.05, 3.63) is 96.1 Å². The summed E-state index contributed by atoms with van der Waals surface area (Å²) in [6.45, 7) is 0. The summed E-state index contributed by atoms with van der Waals surface area (Å²) in [5.41, 5.74) is 2.07. The van der Waals surface area contributed by atoms with Crippen LogP contribution in [0.5, 0.6) is 0 Å². The van der Waals surface area contributed by atoms with Crippen molar-refractivity contribution < 1.29 is 4.65 Å². The first-order valence-electron chi connectivity index (χ1n) is 11.7. The maximum Gasteiger partial charge on any atom is 0.362 e. The van der Waals surface area contributed by atoms with E-state index in [1.165, 1.54) is 64.8 Å². The first kappa shape index (κ1) is 19.1. The molecule has 1 atom stereocenters. The monoisotopic (exact) mass is 405 g/mol. The molecule has 154 valence electrons. The molecule has 6 rings (SSSR count). The van der Waals surface area contributed by atoms with Crippen LogP contribution in [0.2, 0.25) is 0 Å². The molecule has 4 aromatic rings. The fraction of sp³-hybridized carbons (Fsp3) is 0.286. The zero-order valence-corrected chi connectivity index (χ0v) is 17.9. The molecule has 1 aliphatic heterocycles. The highest BCUT2D eigenvalue weighted by molar-refractivity contribution is 6.25. The van der Waals surface area contributed by atoms with Gasteiger partial charge in [-0.2, -0.15) is 0 Å². The van der Waals surface area contributed by atoms with Gasteiger partial charge in [-0.1, -0.05) is 92.1 Å². The molecule has 0 unspecified atom stereocenters. The number of benzene rings is 4. The van der Waals surface area contributed by atoms with Crippen LogP contribution >= 0.6 is 0 Å². The summed E-state index contributed by atoms with van der Waals surface area (Å²) in [5.74, 6) is 0.634. The smallest absolute Gasteiger partial charge is 0.362 e. The second-order valence-corrected chi connectivity index (χ2v) is 9.23. The van der Waals surface area contributed by atoms with Gasteiger partial charge in [0.2, 0.25) is 0 Å². The molecule has 1 saturated carbocycles. The van der Waals surface area contributed by atoms with Gasteiger partial charge in [0.25, 0.3) is 0 Å². The normalized spacial score (nSPS) is 21.4. The van der Waals surface area contributed by atoms with E-state index in [1.807, 2.05) is 0 Å². The molecule has 2 aliphatic rings. The summed E-state index contributed by atoms with van der Waals surface area (Å²) in [6, 6.07) is 31.4. The van der Waals surface area contributed by atoms with E-state index in [0.29, 0.717) is 13.5 Å². The zero-order valence-electron chi connectivity index (χ0n) is 17.9. The molecule has 4 aromatic carbocycles. The maximum absolute atomic E-state index is 6.77. The first-order chi connectivity index (χ1) is 15.3. The van der Waals surface area contributed by atoms with Gasteiger partial charge in [-0.05, 0) is 63.6 Å². The van der Waals surface area contributed by atoms with Gasteiger partial charge in [-0.25, -0.2) is 0 Å². The molecule has 2 fully saturated rings. The van der Waals surface area contributed by atoms with E-state index in [9.17, 15) is 0 Å². The van der Waals surface area contributed by atoms with Crippen LogP contribution in [0.25, 0.3) is 21.5 Å². The third kappa shape index (κ3) is 3.19. The Morgan fingerprint density at radius 1 is 0.677 bits per heavy atom. The fourth-order valence-electron chi connectivity index (χ4n) is 5.98. The van der Waals surface area contributed by atoms with Crippen molar-refractivity contribution in [1.82, 2.24) is 5.23 Å². The Labute approximate surface area is 184 Å².